The highest BCUT2D eigenvalue weighted by Gasteiger charge is 2.39. The van der Waals surface area contributed by atoms with Gasteiger partial charge in [-0.1, -0.05) is 30.3 Å². The third kappa shape index (κ3) is 4.95. The van der Waals surface area contributed by atoms with Gasteiger partial charge in [-0.15, -0.1) is 0 Å². The van der Waals surface area contributed by atoms with E-state index in [1.54, 1.807) is 12.1 Å². The van der Waals surface area contributed by atoms with Crippen molar-refractivity contribution in [2.45, 2.75) is 31.5 Å². The van der Waals surface area contributed by atoms with Crippen LogP contribution in [0, 0.1) is 0 Å². The van der Waals surface area contributed by atoms with Gasteiger partial charge in [0, 0.05) is 25.3 Å². The van der Waals surface area contributed by atoms with Crippen molar-refractivity contribution in [3.05, 3.63) is 60.2 Å². The minimum Gasteiger partial charge on any atom is -0.435 e. The van der Waals surface area contributed by atoms with Crippen LogP contribution in [0.5, 0.6) is 5.75 Å². The number of carbonyl (C=O) groups excluding carboxylic acids is 1. The van der Waals surface area contributed by atoms with Crippen molar-refractivity contribution in [2.75, 3.05) is 18.4 Å². The van der Waals surface area contributed by atoms with E-state index in [9.17, 15) is 13.6 Å². The van der Waals surface area contributed by atoms with Crippen LogP contribution >= 0.6 is 0 Å². The molecule has 1 heterocycles. The molecule has 1 aliphatic rings. The highest BCUT2D eigenvalue weighted by molar-refractivity contribution is 5.88. The summed E-state index contributed by atoms with van der Waals surface area (Å²) in [5, 5.41) is 3.21. The molecule has 2 aromatic rings. The number of likely N-dealkylation sites (tertiary alicyclic amines) is 1. The standard InChI is InChI=1S/C20H23F2N3O2/c21-19(22)27-17-8-6-16(7-9-17)24-20(18(23)26)10-12-25(13-11-20)14-15-4-2-1-3-5-15/h1-9,19,24H,10-14H2,(H2,23,26). The molecule has 0 spiro atoms. The third-order valence-corrected chi connectivity index (χ3v) is 4.89. The van der Waals surface area contributed by atoms with Gasteiger partial charge in [-0.2, -0.15) is 8.78 Å². The Morgan fingerprint density at radius 1 is 1.11 bits per heavy atom. The maximum Gasteiger partial charge on any atom is 0.387 e. The smallest absolute Gasteiger partial charge is 0.387 e. The van der Waals surface area contributed by atoms with Crippen molar-refractivity contribution in [1.29, 1.82) is 0 Å². The summed E-state index contributed by atoms with van der Waals surface area (Å²) in [6.45, 7) is -0.570. The fourth-order valence-corrected chi connectivity index (χ4v) is 3.36. The summed E-state index contributed by atoms with van der Waals surface area (Å²) in [6, 6.07) is 16.3. The second-order valence-corrected chi connectivity index (χ2v) is 6.74. The van der Waals surface area contributed by atoms with Crippen molar-refractivity contribution in [3.8, 4) is 5.75 Å². The normalized spacial score (nSPS) is 16.9. The van der Waals surface area contributed by atoms with Crippen LogP contribution in [0.25, 0.3) is 0 Å². The molecule has 5 nitrogen and oxygen atoms in total. The van der Waals surface area contributed by atoms with Crippen molar-refractivity contribution < 1.29 is 18.3 Å². The van der Waals surface area contributed by atoms with Crippen molar-refractivity contribution in [3.63, 3.8) is 0 Å². The van der Waals surface area contributed by atoms with Crippen LogP contribution in [0.15, 0.2) is 54.6 Å². The SMILES string of the molecule is NC(=O)C1(Nc2ccc(OC(F)F)cc2)CCN(Cc2ccccc2)CC1. The molecular formula is C20H23F2N3O2. The Kier molecular flexibility index (Phi) is 5.91. The van der Waals surface area contributed by atoms with E-state index >= 15 is 0 Å². The van der Waals surface area contributed by atoms with Crippen molar-refractivity contribution in [2.24, 2.45) is 5.73 Å². The van der Waals surface area contributed by atoms with Crippen LogP contribution in [0.4, 0.5) is 14.5 Å². The molecule has 0 aliphatic carbocycles. The Labute approximate surface area is 157 Å². The largest absolute Gasteiger partial charge is 0.435 e. The summed E-state index contributed by atoms with van der Waals surface area (Å²) in [6.07, 6.45) is 1.15. The Balaban J connectivity index is 1.63. The first-order valence-corrected chi connectivity index (χ1v) is 8.86. The van der Waals surface area contributed by atoms with Crippen LogP contribution in [-0.4, -0.2) is 36.0 Å². The Morgan fingerprint density at radius 2 is 1.74 bits per heavy atom. The Bertz CT molecular complexity index is 746. The first-order chi connectivity index (χ1) is 13.0. The molecule has 0 radical (unpaired) electrons. The third-order valence-electron chi connectivity index (χ3n) is 4.89. The van der Waals surface area contributed by atoms with Crippen molar-refractivity contribution >= 4 is 11.6 Å². The van der Waals surface area contributed by atoms with Gasteiger partial charge in [-0.05, 0) is 42.7 Å². The molecule has 3 N–H and O–H groups in total. The topological polar surface area (TPSA) is 67.6 Å². The number of nitrogens with two attached hydrogens (primary N) is 1. The van der Waals surface area contributed by atoms with Crippen LogP contribution < -0.4 is 15.8 Å². The number of alkyl halides is 2. The highest BCUT2D eigenvalue weighted by Crippen LogP contribution is 2.29. The summed E-state index contributed by atoms with van der Waals surface area (Å²) in [7, 11) is 0. The summed E-state index contributed by atoms with van der Waals surface area (Å²) in [5.74, 6) is -0.337. The van der Waals surface area contributed by atoms with Gasteiger partial charge in [0.15, 0.2) is 0 Å². The number of hydrogen-bond donors (Lipinski definition) is 2. The fourth-order valence-electron chi connectivity index (χ4n) is 3.36. The lowest BCUT2D eigenvalue weighted by Gasteiger charge is -2.40. The zero-order chi connectivity index (χ0) is 19.3. The fraction of sp³-hybridized carbons (Fsp3) is 0.350. The number of ether oxygens (including phenoxy) is 1. The number of benzene rings is 2. The van der Waals surface area contributed by atoms with E-state index in [-0.39, 0.29) is 5.75 Å². The van der Waals surface area contributed by atoms with Gasteiger partial charge >= 0.3 is 6.61 Å². The number of halogens is 2. The molecule has 0 saturated carbocycles. The highest BCUT2D eigenvalue weighted by atomic mass is 19.3. The van der Waals surface area contributed by atoms with Gasteiger partial charge in [-0.3, -0.25) is 9.69 Å². The van der Waals surface area contributed by atoms with E-state index in [1.807, 2.05) is 18.2 Å². The van der Waals surface area contributed by atoms with Crippen LogP contribution in [0.1, 0.15) is 18.4 Å². The summed E-state index contributed by atoms with van der Waals surface area (Å²) >= 11 is 0. The van der Waals surface area contributed by atoms with Crippen LogP contribution in [-0.2, 0) is 11.3 Å². The molecule has 1 amide bonds. The molecule has 144 valence electrons. The minimum atomic E-state index is -2.87. The predicted octanol–water partition coefficient (Wildman–Crippen LogP) is 3.22. The molecule has 1 saturated heterocycles. The second kappa shape index (κ2) is 8.35. The Hall–Kier alpha value is -2.67. The number of hydrogen-bond acceptors (Lipinski definition) is 4. The molecule has 1 fully saturated rings. The van der Waals surface area contributed by atoms with Gasteiger partial charge in [0.1, 0.15) is 11.3 Å². The average molecular weight is 375 g/mol. The Morgan fingerprint density at radius 3 is 2.30 bits per heavy atom. The lowest BCUT2D eigenvalue weighted by atomic mass is 9.86. The van der Waals surface area contributed by atoms with Gasteiger partial charge in [-0.25, -0.2) is 0 Å². The number of rotatable bonds is 7. The quantitative estimate of drug-likeness (QED) is 0.780. The summed E-state index contributed by atoms with van der Waals surface area (Å²) < 4.78 is 28.8. The number of anilines is 1. The molecule has 0 atom stereocenters. The zero-order valence-corrected chi connectivity index (χ0v) is 14.9. The van der Waals surface area contributed by atoms with Gasteiger partial charge < -0.3 is 15.8 Å². The average Bonchev–Trinajstić information content (AvgIpc) is 2.65. The molecule has 2 aromatic carbocycles. The molecule has 1 aliphatic heterocycles. The van der Waals surface area contributed by atoms with Gasteiger partial charge in [0.2, 0.25) is 5.91 Å². The molecular weight excluding hydrogens is 352 g/mol. The first-order valence-electron chi connectivity index (χ1n) is 8.86. The van der Waals surface area contributed by atoms with Gasteiger partial charge in [0.05, 0.1) is 0 Å². The monoisotopic (exact) mass is 375 g/mol. The molecule has 3 rings (SSSR count). The number of amides is 1. The number of carbonyl (C=O) groups is 1. The zero-order valence-electron chi connectivity index (χ0n) is 14.9. The first kappa shape index (κ1) is 19.1. The maximum atomic E-state index is 12.2. The molecule has 27 heavy (non-hydrogen) atoms. The molecule has 0 aromatic heterocycles. The van der Waals surface area contributed by atoms with E-state index < -0.39 is 18.1 Å². The van der Waals surface area contributed by atoms with Crippen molar-refractivity contribution in [1.82, 2.24) is 4.90 Å². The van der Waals surface area contributed by atoms with E-state index in [1.165, 1.54) is 17.7 Å². The second-order valence-electron chi connectivity index (χ2n) is 6.74. The van der Waals surface area contributed by atoms with E-state index in [4.69, 9.17) is 5.73 Å². The number of nitrogens with one attached hydrogen (secondary N) is 1. The predicted molar refractivity (Wildman–Crippen MR) is 99.6 cm³/mol. The van der Waals surface area contributed by atoms with E-state index in [0.29, 0.717) is 18.5 Å². The molecule has 0 unspecified atom stereocenters. The minimum absolute atomic E-state index is 0.0707. The molecule has 7 heteroatoms. The number of primary amides is 1. The molecule has 0 bridgehead atoms. The lowest BCUT2D eigenvalue weighted by molar-refractivity contribution is -0.123. The number of nitrogens with zero attached hydrogens (tertiary/aromatic N) is 1. The number of piperidine rings is 1. The maximum absolute atomic E-state index is 12.2. The summed E-state index contributed by atoms with van der Waals surface area (Å²) in [4.78, 5) is 14.5. The van der Waals surface area contributed by atoms with Gasteiger partial charge in [0.25, 0.3) is 0 Å². The van der Waals surface area contributed by atoms with Crippen LogP contribution in [0.2, 0.25) is 0 Å². The lowest BCUT2D eigenvalue weighted by Crippen LogP contribution is -2.56. The van der Waals surface area contributed by atoms with E-state index in [0.717, 1.165) is 19.6 Å². The van der Waals surface area contributed by atoms with Crippen LogP contribution in [0.3, 0.4) is 0 Å². The van der Waals surface area contributed by atoms with E-state index in [2.05, 4.69) is 27.1 Å². The summed E-state index contributed by atoms with van der Waals surface area (Å²) in [5.41, 5.74) is 6.72.